The number of hydrogen-bond acceptors (Lipinski definition) is 5. The van der Waals surface area contributed by atoms with Gasteiger partial charge < -0.3 is 15.3 Å². The van der Waals surface area contributed by atoms with Gasteiger partial charge in [0.05, 0.1) is 13.2 Å². The highest BCUT2D eigenvalue weighted by atomic mass is 16.3. The summed E-state index contributed by atoms with van der Waals surface area (Å²) in [5.41, 5.74) is 5.36. The van der Waals surface area contributed by atoms with Gasteiger partial charge in [0, 0.05) is 0 Å². The molecule has 10 heavy (non-hydrogen) atoms. The molecule has 0 saturated carbocycles. The first-order chi connectivity index (χ1) is 4.72. The molecule has 5 heteroatoms. The van der Waals surface area contributed by atoms with Crippen LogP contribution in [0.4, 0.5) is 0 Å². The summed E-state index contributed by atoms with van der Waals surface area (Å²) in [4.78, 5) is 0. The van der Waals surface area contributed by atoms with Gasteiger partial charge in [-0.1, -0.05) is 0 Å². The Kier molecular flexibility index (Phi) is 14.4. The van der Waals surface area contributed by atoms with Crippen LogP contribution in [0.3, 0.4) is 0 Å². The fraction of sp³-hybridized carbons (Fsp3) is 1.00. The fourth-order valence-corrected chi connectivity index (χ4v) is 0.0577. The molecule has 0 unspecified atom stereocenters. The SMILES string of the molecule is CNNC.OCC(O)CO. The number of rotatable bonds is 3. The lowest BCUT2D eigenvalue weighted by Crippen LogP contribution is -2.21. The van der Waals surface area contributed by atoms with Gasteiger partial charge in [-0.3, -0.25) is 10.9 Å². The lowest BCUT2D eigenvalue weighted by atomic mass is 10.4. The zero-order valence-electron chi connectivity index (χ0n) is 6.33. The van der Waals surface area contributed by atoms with Crippen molar-refractivity contribution in [3.8, 4) is 0 Å². The summed E-state index contributed by atoms with van der Waals surface area (Å²) in [5.74, 6) is 0. The Balaban J connectivity index is 0. The van der Waals surface area contributed by atoms with Crippen LogP contribution in [0.1, 0.15) is 0 Å². The van der Waals surface area contributed by atoms with Crippen LogP contribution in [0.25, 0.3) is 0 Å². The average Bonchev–Trinajstić information content (AvgIpc) is 2.03. The van der Waals surface area contributed by atoms with E-state index in [9.17, 15) is 0 Å². The molecule has 0 aliphatic carbocycles. The van der Waals surface area contributed by atoms with Crippen LogP contribution in [-0.2, 0) is 0 Å². The summed E-state index contributed by atoms with van der Waals surface area (Å²) in [7, 11) is 3.64. The zero-order valence-corrected chi connectivity index (χ0v) is 6.33. The number of aliphatic hydroxyl groups excluding tert-OH is 3. The molecular formula is C5H16N2O3. The smallest absolute Gasteiger partial charge is 0.100 e. The maximum absolute atomic E-state index is 8.17. The van der Waals surface area contributed by atoms with E-state index in [0.717, 1.165) is 0 Å². The van der Waals surface area contributed by atoms with E-state index in [1.54, 1.807) is 0 Å². The van der Waals surface area contributed by atoms with Crippen molar-refractivity contribution in [1.82, 2.24) is 10.9 Å². The third-order valence-corrected chi connectivity index (χ3v) is 0.671. The fourth-order valence-electron chi connectivity index (χ4n) is 0.0577. The minimum absolute atomic E-state index is 0.365. The molecule has 0 atom stereocenters. The first-order valence-electron chi connectivity index (χ1n) is 2.96. The second kappa shape index (κ2) is 11.6. The molecule has 64 valence electrons. The summed E-state index contributed by atoms with van der Waals surface area (Å²) in [6, 6.07) is 0. The Bertz CT molecular complexity index is 48.2. The van der Waals surface area contributed by atoms with Crippen LogP contribution < -0.4 is 10.9 Å². The van der Waals surface area contributed by atoms with E-state index in [2.05, 4.69) is 10.9 Å². The molecule has 0 radical (unpaired) electrons. The van der Waals surface area contributed by atoms with Crippen molar-refractivity contribution in [3.05, 3.63) is 0 Å². The van der Waals surface area contributed by atoms with Gasteiger partial charge in [-0.05, 0) is 14.1 Å². The second-order valence-electron chi connectivity index (χ2n) is 1.52. The Labute approximate surface area is 60.7 Å². The van der Waals surface area contributed by atoms with Gasteiger partial charge in [-0.15, -0.1) is 0 Å². The van der Waals surface area contributed by atoms with Crippen molar-refractivity contribution in [2.75, 3.05) is 27.3 Å². The van der Waals surface area contributed by atoms with E-state index >= 15 is 0 Å². The summed E-state index contributed by atoms with van der Waals surface area (Å²) in [6.45, 7) is -0.729. The summed E-state index contributed by atoms with van der Waals surface area (Å²) in [5, 5.41) is 24.0. The van der Waals surface area contributed by atoms with Crippen molar-refractivity contribution in [2.24, 2.45) is 0 Å². The predicted molar refractivity (Wildman–Crippen MR) is 38.3 cm³/mol. The van der Waals surface area contributed by atoms with Gasteiger partial charge in [0.1, 0.15) is 6.10 Å². The van der Waals surface area contributed by atoms with Crippen molar-refractivity contribution >= 4 is 0 Å². The summed E-state index contributed by atoms with van der Waals surface area (Å²) >= 11 is 0. The Morgan fingerprint density at radius 1 is 1.10 bits per heavy atom. The summed E-state index contributed by atoms with van der Waals surface area (Å²) < 4.78 is 0. The van der Waals surface area contributed by atoms with Crippen molar-refractivity contribution in [1.29, 1.82) is 0 Å². The van der Waals surface area contributed by atoms with Crippen LogP contribution in [0.5, 0.6) is 0 Å². The minimum Gasteiger partial charge on any atom is -0.394 e. The number of nitrogens with one attached hydrogen (secondary N) is 2. The zero-order chi connectivity index (χ0) is 8.41. The minimum atomic E-state index is -0.954. The number of hydrazine groups is 1. The molecule has 0 heterocycles. The van der Waals surface area contributed by atoms with E-state index in [1.807, 2.05) is 14.1 Å². The molecule has 0 aromatic carbocycles. The molecule has 0 fully saturated rings. The van der Waals surface area contributed by atoms with E-state index in [-0.39, 0.29) is 13.2 Å². The Hall–Kier alpha value is -0.200. The standard InChI is InChI=1S/C3H8O3.C2H8N2/c4-1-3(6)2-5;1-3-4-2/h3-6H,1-2H2;3-4H,1-2H3. The molecule has 0 aromatic rings. The van der Waals surface area contributed by atoms with Crippen LogP contribution in [-0.4, -0.2) is 48.7 Å². The molecule has 5 N–H and O–H groups in total. The first kappa shape index (κ1) is 12.5. The van der Waals surface area contributed by atoms with Crippen molar-refractivity contribution in [3.63, 3.8) is 0 Å². The number of aliphatic hydroxyl groups is 3. The normalized spacial score (nSPS) is 9.00. The number of hydrogen-bond donors (Lipinski definition) is 5. The maximum atomic E-state index is 8.17. The highest BCUT2D eigenvalue weighted by Crippen LogP contribution is 1.71. The largest absolute Gasteiger partial charge is 0.394 e. The predicted octanol–water partition coefficient (Wildman–Crippen LogP) is -2.33. The molecule has 0 rings (SSSR count). The lowest BCUT2D eigenvalue weighted by molar-refractivity contribution is 0.0450. The molecule has 0 aromatic heterocycles. The monoisotopic (exact) mass is 152 g/mol. The molecule has 0 aliphatic rings. The van der Waals surface area contributed by atoms with Gasteiger partial charge in [0.25, 0.3) is 0 Å². The van der Waals surface area contributed by atoms with Gasteiger partial charge in [-0.2, -0.15) is 0 Å². The van der Waals surface area contributed by atoms with Crippen molar-refractivity contribution < 1.29 is 15.3 Å². The quantitative estimate of drug-likeness (QED) is 0.293. The van der Waals surface area contributed by atoms with Crippen LogP contribution in [0, 0.1) is 0 Å². The Morgan fingerprint density at radius 3 is 1.40 bits per heavy atom. The van der Waals surface area contributed by atoms with Crippen LogP contribution in [0.2, 0.25) is 0 Å². The van der Waals surface area contributed by atoms with E-state index in [1.165, 1.54) is 0 Å². The lowest BCUT2D eigenvalue weighted by Gasteiger charge is -1.96. The molecule has 0 bridgehead atoms. The highest BCUT2D eigenvalue weighted by molar-refractivity contribution is 4.43. The molecule has 0 aliphatic heterocycles. The molecular weight excluding hydrogens is 136 g/mol. The Morgan fingerprint density at radius 2 is 1.40 bits per heavy atom. The highest BCUT2D eigenvalue weighted by Gasteiger charge is 1.93. The molecule has 0 spiro atoms. The van der Waals surface area contributed by atoms with Gasteiger partial charge >= 0.3 is 0 Å². The molecule has 0 amide bonds. The first-order valence-corrected chi connectivity index (χ1v) is 2.96. The van der Waals surface area contributed by atoms with Crippen LogP contribution in [0.15, 0.2) is 0 Å². The van der Waals surface area contributed by atoms with Gasteiger partial charge in [0.2, 0.25) is 0 Å². The van der Waals surface area contributed by atoms with Gasteiger partial charge in [-0.25, -0.2) is 0 Å². The van der Waals surface area contributed by atoms with Crippen LogP contribution >= 0.6 is 0 Å². The second-order valence-corrected chi connectivity index (χ2v) is 1.52. The third kappa shape index (κ3) is 15.7. The maximum Gasteiger partial charge on any atom is 0.100 e. The topological polar surface area (TPSA) is 84.8 Å². The summed E-state index contributed by atoms with van der Waals surface area (Å²) in [6.07, 6.45) is -0.954. The molecule has 0 saturated heterocycles. The third-order valence-electron chi connectivity index (χ3n) is 0.671. The average molecular weight is 152 g/mol. The van der Waals surface area contributed by atoms with E-state index in [4.69, 9.17) is 15.3 Å². The van der Waals surface area contributed by atoms with E-state index < -0.39 is 6.10 Å². The van der Waals surface area contributed by atoms with Gasteiger partial charge in [0.15, 0.2) is 0 Å². The molecule has 5 nitrogen and oxygen atoms in total. The van der Waals surface area contributed by atoms with E-state index in [0.29, 0.717) is 0 Å². The van der Waals surface area contributed by atoms with Crippen molar-refractivity contribution in [2.45, 2.75) is 6.10 Å².